The number of aliphatic hydroxyl groups is 1. The van der Waals surface area contributed by atoms with E-state index >= 15 is 0 Å². The third-order valence-electron chi connectivity index (χ3n) is 1.50. The molecule has 0 aromatic rings. The van der Waals surface area contributed by atoms with Gasteiger partial charge in [0.1, 0.15) is 0 Å². The standard InChI is InChI=1S/C6H12O2/c1-8-4-6(7)5-2-3-5/h5-7H,2-4H2,1H3/t6-/m1/s1. The molecule has 0 spiro atoms. The third-order valence-corrected chi connectivity index (χ3v) is 1.50. The number of hydrogen-bond acceptors (Lipinski definition) is 2. The van der Waals surface area contributed by atoms with E-state index in [1.807, 2.05) is 0 Å². The van der Waals surface area contributed by atoms with Gasteiger partial charge in [0.15, 0.2) is 0 Å². The summed E-state index contributed by atoms with van der Waals surface area (Å²) in [7, 11) is 1.62. The Labute approximate surface area is 49.5 Å². The zero-order chi connectivity index (χ0) is 5.98. The van der Waals surface area contributed by atoms with E-state index in [9.17, 15) is 0 Å². The van der Waals surface area contributed by atoms with Crippen LogP contribution in [0.5, 0.6) is 0 Å². The summed E-state index contributed by atoms with van der Waals surface area (Å²) in [5.41, 5.74) is 0. The summed E-state index contributed by atoms with van der Waals surface area (Å²) in [6, 6.07) is 0. The number of methoxy groups -OCH3 is 1. The zero-order valence-electron chi connectivity index (χ0n) is 5.13. The van der Waals surface area contributed by atoms with Crippen molar-refractivity contribution in [2.24, 2.45) is 5.92 Å². The van der Waals surface area contributed by atoms with Crippen LogP contribution in [-0.4, -0.2) is 24.9 Å². The second-order valence-corrected chi connectivity index (χ2v) is 2.36. The van der Waals surface area contributed by atoms with Gasteiger partial charge in [-0.2, -0.15) is 0 Å². The van der Waals surface area contributed by atoms with Crippen LogP contribution >= 0.6 is 0 Å². The minimum atomic E-state index is -0.194. The Balaban J connectivity index is 2.03. The molecule has 0 heterocycles. The fraction of sp³-hybridized carbons (Fsp3) is 1.00. The first-order valence-corrected chi connectivity index (χ1v) is 3.01. The van der Waals surface area contributed by atoms with Crippen molar-refractivity contribution in [1.29, 1.82) is 0 Å². The molecule has 1 rings (SSSR count). The highest BCUT2D eigenvalue weighted by atomic mass is 16.5. The van der Waals surface area contributed by atoms with E-state index < -0.39 is 0 Å². The summed E-state index contributed by atoms with van der Waals surface area (Å²) in [6.45, 7) is 0.505. The number of hydrogen-bond donors (Lipinski definition) is 1. The lowest BCUT2D eigenvalue weighted by Crippen LogP contribution is -2.15. The Morgan fingerprint density at radius 3 is 2.75 bits per heavy atom. The summed E-state index contributed by atoms with van der Waals surface area (Å²) >= 11 is 0. The van der Waals surface area contributed by atoms with Gasteiger partial charge in [-0.15, -0.1) is 0 Å². The van der Waals surface area contributed by atoms with Crippen molar-refractivity contribution in [3.8, 4) is 0 Å². The Morgan fingerprint density at radius 2 is 2.38 bits per heavy atom. The maximum absolute atomic E-state index is 9.06. The number of aliphatic hydroxyl groups excluding tert-OH is 1. The Kier molecular flexibility index (Phi) is 1.86. The van der Waals surface area contributed by atoms with Crippen LogP contribution in [0, 0.1) is 5.92 Å². The molecular weight excluding hydrogens is 104 g/mol. The average Bonchev–Trinajstić information content (AvgIpc) is 2.45. The van der Waals surface area contributed by atoms with E-state index in [0.717, 1.165) is 0 Å². The zero-order valence-corrected chi connectivity index (χ0v) is 5.13. The molecule has 0 bridgehead atoms. The largest absolute Gasteiger partial charge is 0.390 e. The van der Waals surface area contributed by atoms with Gasteiger partial charge in [0.05, 0.1) is 12.7 Å². The highest BCUT2D eigenvalue weighted by Crippen LogP contribution is 2.32. The lowest BCUT2D eigenvalue weighted by atomic mass is 10.2. The Bertz CT molecular complexity index is 68.9. The third kappa shape index (κ3) is 1.46. The van der Waals surface area contributed by atoms with Gasteiger partial charge in [-0.05, 0) is 18.8 Å². The first-order valence-electron chi connectivity index (χ1n) is 3.01. The minimum Gasteiger partial charge on any atom is -0.390 e. The molecule has 1 N–H and O–H groups in total. The van der Waals surface area contributed by atoms with Crippen LogP contribution in [0.4, 0.5) is 0 Å². The minimum absolute atomic E-state index is 0.194. The molecule has 1 saturated carbocycles. The average molecular weight is 116 g/mol. The molecule has 0 saturated heterocycles. The SMILES string of the molecule is COC[C@@H](O)C1CC1. The van der Waals surface area contributed by atoms with Gasteiger partial charge < -0.3 is 9.84 Å². The molecule has 0 radical (unpaired) electrons. The van der Waals surface area contributed by atoms with Crippen molar-refractivity contribution in [1.82, 2.24) is 0 Å². The summed E-state index contributed by atoms with van der Waals surface area (Å²) in [4.78, 5) is 0. The maximum atomic E-state index is 9.06. The van der Waals surface area contributed by atoms with Gasteiger partial charge in [0, 0.05) is 7.11 Å². The highest BCUT2D eigenvalue weighted by molar-refractivity contribution is 4.80. The van der Waals surface area contributed by atoms with Crippen LogP contribution in [0.25, 0.3) is 0 Å². The molecular formula is C6H12O2. The second kappa shape index (κ2) is 2.46. The van der Waals surface area contributed by atoms with E-state index in [1.54, 1.807) is 7.11 Å². The van der Waals surface area contributed by atoms with Gasteiger partial charge in [-0.25, -0.2) is 0 Å². The van der Waals surface area contributed by atoms with Crippen LogP contribution in [0.15, 0.2) is 0 Å². The molecule has 0 unspecified atom stereocenters. The number of rotatable bonds is 3. The van der Waals surface area contributed by atoms with Crippen LogP contribution in [0.2, 0.25) is 0 Å². The van der Waals surface area contributed by atoms with Gasteiger partial charge in [0.2, 0.25) is 0 Å². The highest BCUT2D eigenvalue weighted by Gasteiger charge is 2.29. The normalized spacial score (nSPS) is 23.2. The first-order chi connectivity index (χ1) is 3.84. The molecule has 1 atom stereocenters. The Hall–Kier alpha value is -0.0800. The molecule has 1 fully saturated rings. The topological polar surface area (TPSA) is 29.5 Å². The monoisotopic (exact) mass is 116 g/mol. The van der Waals surface area contributed by atoms with Crippen molar-refractivity contribution in [3.05, 3.63) is 0 Å². The molecule has 0 aromatic carbocycles. The fourth-order valence-corrected chi connectivity index (χ4v) is 0.788. The molecule has 1 aliphatic rings. The molecule has 8 heavy (non-hydrogen) atoms. The summed E-state index contributed by atoms with van der Waals surface area (Å²) in [5.74, 6) is 0.551. The van der Waals surface area contributed by atoms with Crippen LogP contribution in [-0.2, 0) is 4.74 Å². The predicted molar refractivity (Wildman–Crippen MR) is 30.6 cm³/mol. The van der Waals surface area contributed by atoms with Crippen LogP contribution in [0.3, 0.4) is 0 Å². The molecule has 2 heteroatoms. The smallest absolute Gasteiger partial charge is 0.0801 e. The van der Waals surface area contributed by atoms with Gasteiger partial charge >= 0.3 is 0 Å². The first kappa shape index (κ1) is 6.05. The summed E-state index contributed by atoms with van der Waals surface area (Å²) in [5, 5.41) is 9.06. The van der Waals surface area contributed by atoms with Crippen LogP contribution < -0.4 is 0 Å². The molecule has 0 aliphatic heterocycles. The van der Waals surface area contributed by atoms with Crippen molar-refractivity contribution in [2.75, 3.05) is 13.7 Å². The molecule has 0 aromatic heterocycles. The van der Waals surface area contributed by atoms with Gasteiger partial charge in [0.25, 0.3) is 0 Å². The van der Waals surface area contributed by atoms with Crippen molar-refractivity contribution < 1.29 is 9.84 Å². The van der Waals surface area contributed by atoms with E-state index in [4.69, 9.17) is 9.84 Å². The van der Waals surface area contributed by atoms with Gasteiger partial charge in [-0.1, -0.05) is 0 Å². The van der Waals surface area contributed by atoms with Crippen LogP contribution in [0.1, 0.15) is 12.8 Å². The number of ether oxygens (including phenoxy) is 1. The quantitative estimate of drug-likeness (QED) is 0.578. The molecule has 0 amide bonds. The van der Waals surface area contributed by atoms with E-state index in [0.29, 0.717) is 12.5 Å². The molecule has 2 nitrogen and oxygen atoms in total. The predicted octanol–water partition coefficient (Wildman–Crippen LogP) is 0.404. The van der Waals surface area contributed by atoms with Crippen molar-refractivity contribution in [3.63, 3.8) is 0 Å². The lowest BCUT2D eigenvalue weighted by Gasteiger charge is -2.04. The Morgan fingerprint density at radius 1 is 1.75 bits per heavy atom. The van der Waals surface area contributed by atoms with E-state index in [1.165, 1.54) is 12.8 Å². The van der Waals surface area contributed by atoms with E-state index in [2.05, 4.69) is 0 Å². The summed E-state index contributed by atoms with van der Waals surface area (Å²) in [6.07, 6.45) is 2.18. The second-order valence-electron chi connectivity index (χ2n) is 2.36. The fourth-order valence-electron chi connectivity index (χ4n) is 0.788. The summed E-state index contributed by atoms with van der Waals surface area (Å²) < 4.78 is 4.75. The molecule has 48 valence electrons. The molecule has 1 aliphatic carbocycles. The van der Waals surface area contributed by atoms with Crippen molar-refractivity contribution >= 4 is 0 Å². The van der Waals surface area contributed by atoms with E-state index in [-0.39, 0.29) is 6.10 Å². The lowest BCUT2D eigenvalue weighted by molar-refractivity contribution is 0.0508. The van der Waals surface area contributed by atoms with Gasteiger partial charge in [-0.3, -0.25) is 0 Å². The van der Waals surface area contributed by atoms with Crippen molar-refractivity contribution in [2.45, 2.75) is 18.9 Å². The maximum Gasteiger partial charge on any atom is 0.0801 e.